The quantitative estimate of drug-likeness (QED) is 0.390. The molecule has 30 heavy (non-hydrogen) atoms. The lowest BCUT2D eigenvalue weighted by Gasteiger charge is -2.16. The molecule has 0 saturated heterocycles. The summed E-state index contributed by atoms with van der Waals surface area (Å²) in [5.74, 6) is 2.20. The predicted octanol–water partition coefficient (Wildman–Crippen LogP) is 3.24. The Labute approximate surface area is 175 Å². The van der Waals surface area contributed by atoms with Crippen molar-refractivity contribution >= 4 is 16.9 Å². The molecule has 0 amide bonds. The minimum atomic E-state index is -0.245. The molecule has 3 rings (SSSR count). The fraction of sp³-hybridized carbons (Fsp3) is 0.318. The van der Waals surface area contributed by atoms with Crippen LogP contribution in [-0.4, -0.2) is 45.9 Å². The highest BCUT2D eigenvalue weighted by Crippen LogP contribution is 2.38. The summed E-state index contributed by atoms with van der Waals surface area (Å²) < 4.78 is 29.5. The Bertz CT molecular complexity index is 1010. The number of nitrogens with one attached hydrogen (secondary N) is 3. The first kappa shape index (κ1) is 21.3. The fourth-order valence-corrected chi connectivity index (χ4v) is 3.32. The second kappa shape index (κ2) is 9.87. The third-order valence-electron chi connectivity index (χ3n) is 4.82. The molecule has 2 aromatic carbocycles. The van der Waals surface area contributed by atoms with E-state index < -0.39 is 0 Å². The minimum absolute atomic E-state index is 0.245. The number of rotatable bonds is 8. The lowest BCUT2D eigenvalue weighted by atomic mass is 10.1. The number of aromatic amines is 1. The van der Waals surface area contributed by atoms with Gasteiger partial charge in [0.25, 0.3) is 0 Å². The van der Waals surface area contributed by atoms with Crippen LogP contribution in [0.3, 0.4) is 0 Å². The van der Waals surface area contributed by atoms with Crippen molar-refractivity contribution in [1.82, 2.24) is 15.6 Å². The third kappa shape index (κ3) is 4.76. The van der Waals surface area contributed by atoms with Crippen molar-refractivity contribution in [2.45, 2.75) is 13.0 Å². The van der Waals surface area contributed by atoms with Crippen molar-refractivity contribution in [3.63, 3.8) is 0 Å². The number of nitrogens with zero attached hydrogens (tertiary/aromatic N) is 1. The van der Waals surface area contributed by atoms with Gasteiger partial charge >= 0.3 is 0 Å². The molecule has 0 bridgehead atoms. The van der Waals surface area contributed by atoms with E-state index in [9.17, 15) is 4.39 Å². The average Bonchev–Trinajstić information content (AvgIpc) is 3.16. The minimum Gasteiger partial charge on any atom is -0.493 e. The van der Waals surface area contributed by atoms with Crippen LogP contribution < -0.4 is 24.8 Å². The van der Waals surface area contributed by atoms with E-state index in [2.05, 4.69) is 20.6 Å². The number of hydrogen-bond acceptors (Lipinski definition) is 4. The van der Waals surface area contributed by atoms with Gasteiger partial charge in [-0.25, -0.2) is 4.39 Å². The molecule has 0 spiro atoms. The fourth-order valence-electron chi connectivity index (χ4n) is 3.32. The molecule has 1 heterocycles. The summed E-state index contributed by atoms with van der Waals surface area (Å²) in [5, 5.41) is 7.60. The zero-order chi connectivity index (χ0) is 21.5. The average molecular weight is 414 g/mol. The number of benzene rings is 2. The van der Waals surface area contributed by atoms with Crippen LogP contribution >= 0.6 is 0 Å². The molecule has 0 saturated carbocycles. The van der Waals surface area contributed by atoms with Crippen molar-refractivity contribution in [3.05, 3.63) is 53.5 Å². The summed E-state index contributed by atoms with van der Waals surface area (Å²) in [7, 11) is 6.48. The molecule has 0 aliphatic heterocycles. The first-order valence-corrected chi connectivity index (χ1v) is 9.58. The summed E-state index contributed by atoms with van der Waals surface area (Å²) in [6.07, 6.45) is 2.69. The highest BCUT2D eigenvalue weighted by atomic mass is 19.1. The van der Waals surface area contributed by atoms with Crippen molar-refractivity contribution < 1.29 is 18.6 Å². The molecule has 1 aromatic heterocycles. The van der Waals surface area contributed by atoms with Crippen molar-refractivity contribution in [2.75, 3.05) is 34.9 Å². The number of guanidine groups is 1. The summed E-state index contributed by atoms with van der Waals surface area (Å²) in [4.78, 5) is 7.38. The molecule has 7 nitrogen and oxygen atoms in total. The molecule has 3 N–H and O–H groups in total. The Kier molecular flexibility index (Phi) is 7.00. The van der Waals surface area contributed by atoms with Gasteiger partial charge in [-0.3, -0.25) is 4.99 Å². The zero-order valence-electron chi connectivity index (χ0n) is 17.6. The Morgan fingerprint density at radius 3 is 2.40 bits per heavy atom. The first-order valence-electron chi connectivity index (χ1n) is 9.58. The highest BCUT2D eigenvalue weighted by molar-refractivity contribution is 5.83. The summed E-state index contributed by atoms with van der Waals surface area (Å²) in [6, 6.07) is 8.57. The molecular formula is C22H27FN4O3. The van der Waals surface area contributed by atoms with Gasteiger partial charge in [-0.2, -0.15) is 0 Å². The Morgan fingerprint density at radius 2 is 1.77 bits per heavy atom. The number of hydrogen-bond donors (Lipinski definition) is 3. The third-order valence-corrected chi connectivity index (χ3v) is 4.82. The molecule has 160 valence electrons. The van der Waals surface area contributed by atoms with Crippen LogP contribution in [0.25, 0.3) is 10.9 Å². The highest BCUT2D eigenvalue weighted by Gasteiger charge is 2.13. The number of halogens is 1. The van der Waals surface area contributed by atoms with E-state index in [1.54, 1.807) is 34.4 Å². The molecule has 0 fully saturated rings. The number of aromatic nitrogens is 1. The second-order valence-corrected chi connectivity index (χ2v) is 6.64. The van der Waals surface area contributed by atoms with Crippen molar-refractivity contribution in [1.29, 1.82) is 0 Å². The monoisotopic (exact) mass is 414 g/mol. The zero-order valence-corrected chi connectivity index (χ0v) is 17.6. The lowest BCUT2D eigenvalue weighted by Crippen LogP contribution is -2.37. The van der Waals surface area contributed by atoms with Crippen LogP contribution in [0, 0.1) is 5.82 Å². The number of ether oxygens (including phenoxy) is 3. The number of fused-ring (bicyclic) bond motifs is 1. The van der Waals surface area contributed by atoms with Gasteiger partial charge in [0.1, 0.15) is 5.82 Å². The van der Waals surface area contributed by atoms with E-state index >= 15 is 0 Å². The lowest BCUT2D eigenvalue weighted by molar-refractivity contribution is 0.323. The molecule has 0 unspecified atom stereocenters. The van der Waals surface area contributed by atoms with E-state index in [4.69, 9.17) is 14.2 Å². The standard InChI is InChI=1S/C22H27FN4O3/c1-24-22(25-8-7-15-13-26-18-11-16(23)5-6-17(15)18)27-12-14-9-19(28-2)21(30-4)20(10-14)29-3/h5-6,9-11,13,26H,7-8,12H2,1-4H3,(H2,24,25,27). The summed E-state index contributed by atoms with van der Waals surface area (Å²) >= 11 is 0. The van der Waals surface area contributed by atoms with E-state index in [1.807, 2.05) is 18.3 Å². The van der Waals surface area contributed by atoms with Gasteiger partial charge in [0, 0.05) is 37.2 Å². The van der Waals surface area contributed by atoms with Crippen LogP contribution in [0.2, 0.25) is 0 Å². The largest absolute Gasteiger partial charge is 0.493 e. The maximum Gasteiger partial charge on any atom is 0.203 e. The molecule has 0 radical (unpaired) electrons. The van der Waals surface area contributed by atoms with Gasteiger partial charge in [0.15, 0.2) is 17.5 Å². The molecule has 0 aliphatic rings. The SMILES string of the molecule is CN=C(NCCc1c[nH]c2cc(F)ccc12)NCc1cc(OC)c(OC)c(OC)c1. The van der Waals surface area contributed by atoms with Crippen LogP contribution in [0.5, 0.6) is 17.2 Å². The van der Waals surface area contributed by atoms with E-state index in [-0.39, 0.29) is 5.82 Å². The van der Waals surface area contributed by atoms with Crippen LogP contribution in [0.1, 0.15) is 11.1 Å². The normalized spacial score (nSPS) is 11.4. The van der Waals surface area contributed by atoms with Gasteiger partial charge in [-0.15, -0.1) is 0 Å². The second-order valence-electron chi connectivity index (χ2n) is 6.64. The number of methoxy groups -OCH3 is 3. The van der Waals surface area contributed by atoms with Crippen LogP contribution in [0.4, 0.5) is 4.39 Å². The predicted molar refractivity (Wildman–Crippen MR) is 116 cm³/mol. The molecule has 0 aliphatic carbocycles. The first-order chi connectivity index (χ1) is 14.6. The van der Waals surface area contributed by atoms with Gasteiger partial charge < -0.3 is 29.8 Å². The Hall–Kier alpha value is -3.42. The van der Waals surface area contributed by atoms with E-state index in [0.717, 1.165) is 28.5 Å². The van der Waals surface area contributed by atoms with Gasteiger partial charge in [0.05, 0.1) is 21.3 Å². The molecule has 3 aromatic rings. The molecular weight excluding hydrogens is 387 g/mol. The molecule has 8 heteroatoms. The van der Waals surface area contributed by atoms with Crippen molar-refractivity contribution in [3.8, 4) is 17.2 Å². The topological polar surface area (TPSA) is 79.9 Å². The van der Waals surface area contributed by atoms with Gasteiger partial charge in [-0.1, -0.05) is 0 Å². The molecule has 0 atom stereocenters. The van der Waals surface area contributed by atoms with Crippen molar-refractivity contribution in [2.24, 2.45) is 4.99 Å². The van der Waals surface area contributed by atoms with Gasteiger partial charge in [0.2, 0.25) is 5.75 Å². The summed E-state index contributed by atoms with van der Waals surface area (Å²) in [6.45, 7) is 1.21. The Balaban J connectivity index is 1.58. The van der Waals surface area contributed by atoms with E-state index in [0.29, 0.717) is 36.3 Å². The number of H-pyrrole nitrogens is 1. The summed E-state index contributed by atoms with van der Waals surface area (Å²) in [5.41, 5.74) is 2.89. The van der Waals surface area contributed by atoms with Gasteiger partial charge in [-0.05, 0) is 47.9 Å². The van der Waals surface area contributed by atoms with Crippen LogP contribution in [-0.2, 0) is 13.0 Å². The van der Waals surface area contributed by atoms with Crippen LogP contribution in [0.15, 0.2) is 41.5 Å². The Morgan fingerprint density at radius 1 is 1.03 bits per heavy atom. The maximum atomic E-state index is 13.3. The maximum absolute atomic E-state index is 13.3. The smallest absolute Gasteiger partial charge is 0.203 e. The number of aliphatic imine (C=N–C) groups is 1. The van der Waals surface area contributed by atoms with E-state index in [1.165, 1.54) is 12.1 Å².